The molecule has 128 valence electrons. The molecule has 5 aromatic carbocycles. The first-order chi connectivity index (χ1) is 13.6. The van der Waals surface area contributed by atoms with Gasteiger partial charge in [0.25, 0.3) is 11.8 Å². The molecule has 6 rings (SSSR count). The minimum Gasteiger partial charge on any atom is -0.288 e. The van der Waals surface area contributed by atoms with Crippen molar-refractivity contribution in [2.45, 2.75) is 0 Å². The van der Waals surface area contributed by atoms with E-state index in [-0.39, 0.29) is 5.91 Å². The van der Waals surface area contributed by atoms with Crippen LogP contribution in [0.5, 0.6) is 0 Å². The number of nitriles is 1. The summed E-state index contributed by atoms with van der Waals surface area (Å²) in [6.07, 6.45) is 0. The van der Waals surface area contributed by atoms with Gasteiger partial charge in [0.05, 0.1) is 11.6 Å². The van der Waals surface area contributed by atoms with Crippen molar-refractivity contribution in [1.82, 2.24) is 5.32 Å². The van der Waals surface area contributed by atoms with Crippen LogP contribution in [-0.2, 0) is 0 Å². The third kappa shape index (κ3) is 1.61. The molecule has 0 spiro atoms. The zero-order valence-corrected chi connectivity index (χ0v) is 14.9. The highest BCUT2D eigenvalue weighted by Crippen LogP contribution is 2.43. The van der Waals surface area contributed by atoms with E-state index < -0.39 is 5.91 Å². The molecule has 0 fully saturated rings. The number of nitrogens with one attached hydrogen (secondary N) is 1. The van der Waals surface area contributed by atoms with Gasteiger partial charge < -0.3 is 0 Å². The standard InChI is InChI=1S/C23H11BN2O2/c24-16-8-15-19-14(22(27)26-23(15)28)7-11(9-25)18-12-5-1-3-10-4-2-6-13(17(10)12)20(16)21(18)19/h1-8H,24H2,(H,26,27,28). The van der Waals surface area contributed by atoms with Gasteiger partial charge in [-0.15, -0.1) is 0 Å². The van der Waals surface area contributed by atoms with E-state index in [9.17, 15) is 14.9 Å². The minimum atomic E-state index is -0.451. The Morgan fingerprint density at radius 3 is 2.11 bits per heavy atom. The Balaban J connectivity index is 2.11. The summed E-state index contributed by atoms with van der Waals surface area (Å²) in [5, 5.41) is 19.8. The smallest absolute Gasteiger partial charge is 0.258 e. The first kappa shape index (κ1) is 15.2. The van der Waals surface area contributed by atoms with Gasteiger partial charge in [0, 0.05) is 21.9 Å². The Bertz CT molecular complexity index is 1590. The van der Waals surface area contributed by atoms with Crippen molar-refractivity contribution in [1.29, 1.82) is 5.26 Å². The van der Waals surface area contributed by atoms with Crippen LogP contribution < -0.4 is 10.8 Å². The number of imide groups is 1. The van der Waals surface area contributed by atoms with Gasteiger partial charge in [0.2, 0.25) is 0 Å². The molecule has 0 aliphatic carbocycles. The van der Waals surface area contributed by atoms with Crippen LogP contribution in [0, 0.1) is 11.3 Å². The van der Waals surface area contributed by atoms with Gasteiger partial charge in [0.1, 0.15) is 7.85 Å². The molecule has 4 nitrogen and oxygen atoms in total. The van der Waals surface area contributed by atoms with Crippen molar-refractivity contribution in [2.75, 3.05) is 0 Å². The molecule has 0 saturated heterocycles. The number of amides is 2. The van der Waals surface area contributed by atoms with Crippen molar-refractivity contribution < 1.29 is 9.59 Å². The molecule has 1 aliphatic heterocycles. The monoisotopic (exact) mass is 358 g/mol. The largest absolute Gasteiger partial charge is 0.288 e. The van der Waals surface area contributed by atoms with E-state index in [1.807, 2.05) is 32.1 Å². The highest BCUT2D eigenvalue weighted by molar-refractivity contribution is 6.49. The van der Waals surface area contributed by atoms with Crippen LogP contribution in [0.1, 0.15) is 26.3 Å². The van der Waals surface area contributed by atoms with E-state index in [0.717, 1.165) is 43.2 Å². The van der Waals surface area contributed by atoms with Gasteiger partial charge in [-0.05, 0) is 38.4 Å². The van der Waals surface area contributed by atoms with E-state index in [2.05, 4.69) is 29.6 Å². The second kappa shape index (κ2) is 4.87. The first-order valence-corrected chi connectivity index (χ1v) is 9.02. The summed E-state index contributed by atoms with van der Waals surface area (Å²) >= 11 is 0. The van der Waals surface area contributed by atoms with Crippen molar-refractivity contribution >= 4 is 68.2 Å². The number of carbonyl (C=O) groups excluding carboxylic acids is 2. The summed E-state index contributed by atoms with van der Waals surface area (Å²) in [7, 11) is 1.98. The molecule has 5 heteroatoms. The van der Waals surface area contributed by atoms with Crippen LogP contribution in [0.2, 0.25) is 0 Å². The molecule has 2 amide bonds. The number of carbonyl (C=O) groups is 2. The van der Waals surface area contributed by atoms with Gasteiger partial charge in [-0.3, -0.25) is 14.9 Å². The molecule has 0 unspecified atom stereocenters. The molecule has 0 bridgehead atoms. The lowest BCUT2D eigenvalue weighted by Gasteiger charge is -2.23. The second-order valence-corrected chi connectivity index (χ2v) is 7.32. The van der Waals surface area contributed by atoms with Crippen LogP contribution >= 0.6 is 0 Å². The Morgan fingerprint density at radius 2 is 1.43 bits per heavy atom. The lowest BCUT2D eigenvalue weighted by molar-refractivity contribution is 0.0845. The summed E-state index contributed by atoms with van der Waals surface area (Å²) in [5.74, 6) is -0.840. The number of benzene rings is 5. The fourth-order valence-corrected chi connectivity index (χ4v) is 4.84. The zero-order valence-electron chi connectivity index (χ0n) is 14.9. The second-order valence-electron chi connectivity index (χ2n) is 7.32. The molecule has 0 saturated carbocycles. The Morgan fingerprint density at radius 1 is 0.786 bits per heavy atom. The van der Waals surface area contributed by atoms with Gasteiger partial charge in [-0.25, -0.2) is 0 Å². The average Bonchev–Trinajstić information content (AvgIpc) is 2.70. The predicted molar refractivity (Wildman–Crippen MR) is 112 cm³/mol. The third-order valence-corrected chi connectivity index (χ3v) is 5.88. The summed E-state index contributed by atoms with van der Waals surface area (Å²) in [5.41, 5.74) is 2.28. The number of fused-ring (bicyclic) bond motifs is 2. The van der Waals surface area contributed by atoms with Crippen LogP contribution in [0.3, 0.4) is 0 Å². The van der Waals surface area contributed by atoms with E-state index >= 15 is 0 Å². The van der Waals surface area contributed by atoms with Gasteiger partial charge in [-0.2, -0.15) is 5.26 Å². The predicted octanol–water partition coefficient (Wildman–Crippen LogP) is 2.75. The van der Waals surface area contributed by atoms with Crippen LogP contribution in [0.25, 0.3) is 43.1 Å². The molecular weight excluding hydrogens is 347 g/mol. The van der Waals surface area contributed by atoms with E-state index in [1.54, 1.807) is 6.07 Å². The highest BCUT2D eigenvalue weighted by atomic mass is 16.2. The van der Waals surface area contributed by atoms with Crippen LogP contribution in [0.4, 0.5) is 0 Å². The zero-order chi connectivity index (χ0) is 19.2. The maximum absolute atomic E-state index is 12.6. The average molecular weight is 358 g/mol. The molecule has 0 radical (unpaired) electrons. The van der Waals surface area contributed by atoms with E-state index in [1.165, 1.54) is 0 Å². The summed E-state index contributed by atoms with van der Waals surface area (Å²) in [6, 6.07) is 18.0. The number of hydrogen-bond donors (Lipinski definition) is 1. The maximum Gasteiger partial charge on any atom is 0.258 e. The Labute approximate surface area is 160 Å². The summed E-state index contributed by atoms with van der Waals surface area (Å²) in [6.45, 7) is 0. The minimum absolute atomic E-state index is 0.387. The Kier molecular flexibility index (Phi) is 2.64. The number of rotatable bonds is 0. The quantitative estimate of drug-likeness (QED) is 0.200. The Hall–Kier alpha value is -3.91. The summed E-state index contributed by atoms with van der Waals surface area (Å²) < 4.78 is 0. The fourth-order valence-electron chi connectivity index (χ4n) is 4.84. The van der Waals surface area contributed by atoms with E-state index in [0.29, 0.717) is 22.1 Å². The molecule has 28 heavy (non-hydrogen) atoms. The van der Waals surface area contributed by atoms with Crippen molar-refractivity contribution in [3.63, 3.8) is 0 Å². The van der Waals surface area contributed by atoms with Gasteiger partial charge >= 0.3 is 0 Å². The van der Waals surface area contributed by atoms with Crippen molar-refractivity contribution in [3.05, 3.63) is 65.2 Å². The van der Waals surface area contributed by atoms with E-state index in [4.69, 9.17) is 0 Å². The molecule has 0 aromatic heterocycles. The molecule has 1 N–H and O–H groups in total. The van der Waals surface area contributed by atoms with Gasteiger partial charge in [-0.1, -0.05) is 47.9 Å². The van der Waals surface area contributed by atoms with Crippen LogP contribution in [0.15, 0.2) is 48.5 Å². The SMILES string of the molecule is Bc1cc2c3c(cc(C#N)c4c5cccc6cccc(c1c34)c65)C(=O)NC2=O. The molecule has 0 atom stereocenters. The third-order valence-electron chi connectivity index (χ3n) is 5.88. The topological polar surface area (TPSA) is 70.0 Å². The van der Waals surface area contributed by atoms with Crippen molar-refractivity contribution in [2.24, 2.45) is 0 Å². The molecule has 1 aliphatic rings. The summed E-state index contributed by atoms with van der Waals surface area (Å²) in [4.78, 5) is 25.1. The van der Waals surface area contributed by atoms with Crippen molar-refractivity contribution in [3.8, 4) is 6.07 Å². The van der Waals surface area contributed by atoms with Gasteiger partial charge in [0.15, 0.2) is 0 Å². The molecular formula is C23H11BN2O2. The lowest BCUT2D eigenvalue weighted by Crippen LogP contribution is -2.35. The first-order valence-electron chi connectivity index (χ1n) is 9.02. The molecule has 5 aromatic rings. The highest BCUT2D eigenvalue weighted by Gasteiger charge is 2.29. The normalized spacial score (nSPS) is 13.5. The fraction of sp³-hybridized carbons (Fsp3) is 0. The lowest BCUT2D eigenvalue weighted by atomic mass is 9.77. The number of hydrogen-bond acceptors (Lipinski definition) is 3. The number of nitrogens with zero attached hydrogens (tertiary/aromatic N) is 1. The van der Waals surface area contributed by atoms with Crippen LogP contribution in [-0.4, -0.2) is 19.7 Å². The molecule has 1 heterocycles. The maximum atomic E-state index is 12.6.